The number of para-hydroxylation sites is 1. The first-order valence-electron chi connectivity index (χ1n) is 14.2. The first kappa shape index (κ1) is 28.1. The summed E-state index contributed by atoms with van der Waals surface area (Å²) in [4.78, 5) is 45.3. The summed E-state index contributed by atoms with van der Waals surface area (Å²) < 4.78 is 0. The van der Waals surface area contributed by atoms with Crippen molar-refractivity contribution in [1.82, 2.24) is 24.7 Å². The predicted octanol–water partition coefficient (Wildman–Crippen LogP) is 4.66. The summed E-state index contributed by atoms with van der Waals surface area (Å²) in [5, 5.41) is 3.95. The lowest BCUT2D eigenvalue weighted by molar-refractivity contribution is -0.114. The lowest BCUT2D eigenvalue weighted by atomic mass is 9.94. The van der Waals surface area contributed by atoms with Crippen molar-refractivity contribution in [1.29, 1.82) is 0 Å². The summed E-state index contributed by atoms with van der Waals surface area (Å²) in [6.07, 6.45) is 3.72. The van der Waals surface area contributed by atoms with Crippen LogP contribution in [0.5, 0.6) is 0 Å². The fraction of sp³-hybridized carbons (Fsp3) is 0.355. The number of hydrogen-bond donors (Lipinski definition) is 1. The van der Waals surface area contributed by atoms with E-state index in [1.807, 2.05) is 47.4 Å². The van der Waals surface area contributed by atoms with Gasteiger partial charge in [0.25, 0.3) is 0 Å². The number of nitrogens with zero attached hydrogens (tertiary/aromatic N) is 7. The van der Waals surface area contributed by atoms with Gasteiger partial charge in [-0.2, -0.15) is 4.98 Å². The van der Waals surface area contributed by atoms with Crippen LogP contribution in [0.1, 0.15) is 29.2 Å². The summed E-state index contributed by atoms with van der Waals surface area (Å²) in [5.41, 5.74) is 4.47. The lowest BCUT2D eigenvalue weighted by Crippen LogP contribution is -2.49. The normalized spacial score (nSPS) is 19.4. The topological polar surface area (TPSA) is 88.2 Å². The second-order valence-electron chi connectivity index (χ2n) is 11.1. The summed E-state index contributed by atoms with van der Waals surface area (Å²) in [6, 6.07) is 13.3. The van der Waals surface area contributed by atoms with Gasteiger partial charge in [0.1, 0.15) is 5.82 Å². The number of fused-ring (bicyclic) bond motifs is 2. The van der Waals surface area contributed by atoms with E-state index in [4.69, 9.17) is 16.6 Å². The first-order chi connectivity index (χ1) is 20.3. The molecule has 10 nitrogen and oxygen atoms in total. The van der Waals surface area contributed by atoms with E-state index < -0.39 is 0 Å². The number of amides is 3. The van der Waals surface area contributed by atoms with E-state index in [0.29, 0.717) is 36.3 Å². The minimum atomic E-state index is -0.178. The third-order valence-corrected chi connectivity index (χ3v) is 8.71. The highest BCUT2D eigenvalue weighted by Crippen LogP contribution is 2.41. The molecule has 2 aromatic carbocycles. The quantitative estimate of drug-likeness (QED) is 0.420. The van der Waals surface area contributed by atoms with Gasteiger partial charge in [0.05, 0.1) is 12.6 Å². The second kappa shape index (κ2) is 11.7. The molecule has 3 aliphatic rings. The number of hydrogen-bond acceptors (Lipinski definition) is 7. The molecule has 1 N–H and O–H groups in total. The van der Waals surface area contributed by atoms with Gasteiger partial charge in [-0.25, -0.2) is 9.78 Å². The Labute approximate surface area is 251 Å². The van der Waals surface area contributed by atoms with E-state index in [1.165, 1.54) is 6.08 Å². The van der Waals surface area contributed by atoms with Crippen molar-refractivity contribution in [3.05, 3.63) is 83.0 Å². The average molecular weight is 587 g/mol. The fourth-order valence-corrected chi connectivity index (χ4v) is 6.21. The molecule has 11 heteroatoms. The lowest BCUT2D eigenvalue weighted by Gasteiger charge is -2.43. The van der Waals surface area contributed by atoms with Crippen LogP contribution in [0, 0.1) is 0 Å². The van der Waals surface area contributed by atoms with Gasteiger partial charge in [0.15, 0.2) is 0 Å². The molecule has 1 unspecified atom stereocenters. The Morgan fingerprint density at radius 3 is 2.67 bits per heavy atom. The Morgan fingerprint density at radius 2 is 1.90 bits per heavy atom. The van der Waals surface area contributed by atoms with Crippen molar-refractivity contribution < 1.29 is 9.59 Å². The molecule has 0 saturated carbocycles. The smallest absolute Gasteiger partial charge is 0.324 e. The molecule has 1 aromatic heterocycles. The molecule has 1 fully saturated rings. The van der Waals surface area contributed by atoms with E-state index in [-0.39, 0.29) is 18.0 Å². The molecule has 3 amide bonds. The number of carbonyl (C=O) groups excluding carboxylic acids is 2. The molecule has 0 spiro atoms. The molecule has 1 atom stereocenters. The van der Waals surface area contributed by atoms with Crippen LogP contribution < -0.4 is 15.1 Å². The van der Waals surface area contributed by atoms with Crippen molar-refractivity contribution in [2.24, 2.45) is 0 Å². The van der Waals surface area contributed by atoms with Crippen LogP contribution in [0.2, 0.25) is 5.02 Å². The van der Waals surface area contributed by atoms with E-state index >= 15 is 0 Å². The number of piperazine rings is 1. The van der Waals surface area contributed by atoms with Crippen molar-refractivity contribution in [3.63, 3.8) is 0 Å². The highest BCUT2D eigenvalue weighted by molar-refractivity contribution is 6.31. The van der Waals surface area contributed by atoms with Crippen LogP contribution in [-0.2, 0) is 17.9 Å². The number of anilines is 4. The van der Waals surface area contributed by atoms with Gasteiger partial charge in [-0.05, 0) is 48.9 Å². The molecule has 6 rings (SSSR count). The summed E-state index contributed by atoms with van der Waals surface area (Å²) >= 11 is 6.66. The Bertz CT molecular complexity index is 1520. The monoisotopic (exact) mass is 586 g/mol. The number of urea groups is 1. The van der Waals surface area contributed by atoms with E-state index in [0.717, 1.165) is 60.8 Å². The molecule has 3 aromatic rings. The molecular weight excluding hydrogens is 552 g/mol. The van der Waals surface area contributed by atoms with Crippen LogP contribution >= 0.6 is 11.6 Å². The molecular formula is C31H35ClN8O2. The van der Waals surface area contributed by atoms with Crippen LogP contribution in [0.3, 0.4) is 0 Å². The molecule has 3 aliphatic heterocycles. The zero-order valence-corrected chi connectivity index (χ0v) is 24.7. The van der Waals surface area contributed by atoms with Crippen molar-refractivity contribution in [3.8, 4) is 0 Å². The minimum Gasteiger partial charge on any atom is -0.324 e. The number of nitrogens with one attached hydrogen (secondary N) is 1. The highest BCUT2D eigenvalue weighted by Gasteiger charge is 2.38. The molecule has 42 heavy (non-hydrogen) atoms. The molecule has 0 radical (unpaired) electrons. The van der Waals surface area contributed by atoms with Gasteiger partial charge >= 0.3 is 6.03 Å². The van der Waals surface area contributed by atoms with E-state index in [1.54, 1.807) is 23.0 Å². The summed E-state index contributed by atoms with van der Waals surface area (Å²) in [7, 11) is 3.88. The van der Waals surface area contributed by atoms with Crippen molar-refractivity contribution in [2.45, 2.75) is 25.6 Å². The average Bonchev–Trinajstić information content (AvgIpc) is 3.01. The third kappa shape index (κ3) is 5.45. The SMILES string of the molecule is C=CC(=O)N1CCC(N2Cc3cnc(Nc4ccc(CN5CCN(C)CC5)c(Cl)c4)nc3N(C)C2=O)c2ccccc21. The fourth-order valence-electron chi connectivity index (χ4n) is 5.97. The maximum atomic E-state index is 13.7. The summed E-state index contributed by atoms with van der Waals surface area (Å²) in [6.45, 7) is 9.51. The highest BCUT2D eigenvalue weighted by atomic mass is 35.5. The maximum absolute atomic E-state index is 13.7. The minimum absolute atomic E-state index is 0.146. The van der Waals surface area contributed by atoms with Crippen molar-refractivity contribution >= 4 is 46.7 Å². The third-order valence-electron chi connectivity index (χ3n) is 8.36. The van der Waals surface area contributed by atoms with Gasteiger partial charge in [-0.1, -0.05) is 42.4 Å². The number of likely N-dealkylation sites (N-methyl/N-ethyl adjacent to an activating group) is 1. The Morgan fingerprint density at radius 1 is 1.12 bits per heavy atom. The molecule has 0 aliphatic carbocycles. The van der Waals surface area contributed by atoms with Gasteiger partial charge in [0.2, 0.25) is 11.9 Å². The Balaban J connectivity index is 1.18. The second-order valence-corrected chi connectivity index (χ2v) is 11.5. The van der Waals surface area contributed by atoms with Crippen LogP contribution in [-0.4, -0.2) is 83.4 Å². The number of halogens is 1. The van der Waals surface area contributed by atoms with Crippen LogP contribution in [0.4, 0.5) is 27.9 Å². The van der Waals surface area contributed by atoms with Gasteiger partial charge in [-0.15, -0.1) is 0 Å². The zero-order valence-electron chi connectivity index (χ0n) is 24.0. The number of benzene rings is 2. The van der Waals surface area contributed by atoms with Gasteiger partial charge in [-0.3, -0.25) is 14.6 Å². The number of rotatable bonds is 6. The standard InChI is InChI=1S/C31H35ClN8O2/c1-4-28(41)39-12-11-27(24-7-5-6-8-26(24)39)40-20-22-18-33-30(35-29(22)37(3)31(40)42)34-23-10-9-21(25(32)17-23)19-38-15-13-36(2)14-16-38/h4-10,17-18,27H,1,11-16,19-20H2,2-3H3,(H,33,34,35). The molecule has 0 bridgehead atoms. The number of carbonyl (C=O) groups is 2. The largest absolute Gasteiger partial charge is 0.326 e. The van der Waals surface area contributed by atoms with Crippen LogP contribution in [0.25, 0.3) is 0 Å². The molecule has 4 heterocycles. The molecule has 218 valence electrons. The Kier molecular flexibility index (Phi) is 7.85. The molecule has 1 saturated heterocycles. The first-order valence-corrected chi connectivity index (χ1v) is 14.6. The number of aromatic nitrogens is 2. The van der Waals surface area contributed by atoms with Crippen LogP contribution in [0.15, 0.2) is 61.3 Å². The Hall–Kier alpha value is -3.99. The zero-order chi connectivity index (χ0) is 29.4. The summed E-state index contributed by atoms with van der Waals surface area (Å²) in [5.74, 6) is 0.818. The van der Waals surface area contributed by atoms with Crippen molar-refractivity contribution in [2.75, 3.05) is 61.9 Å². The predicted molar refractivity (Wildman–Crippen MR) is 165 cm³/mol. The van der Waals surface area contributed by atoms with E-state index in [9.17, 15) is 9.59 Å². The van der Waals surface area contributed by atoms with Gasteiger partial charge < -0.3 is 20.0 Å². The van der Waals surface area contributed by atoms with E-state index in [2.05, 4.69) is 33.7 Å². The van der Waals surface area contributed by atoms with Gasteiger partial charge in [0, 0.05) is 74.5 Å². The maximum Gasteiger partial charge on any atom is 0.326 e.